The zero-order valence-corrected chi connectivity index (χ0v) is 17.1. The molecule has 142 valence electrons. The predicted octanol–water partition coefficient (Wildman–Crippen LogP) is -6.34. The van der Waals surface area contributed by atoms with Gasteiger partial charge in [0, 0.05) is 31.7 Å². The van der Waals surface area contributed by atoms with E-state index in [0.717, 1.165) is 13.8 Å². The van der Waals surface area contributed by atoms with E-state index in [1.54, 1.807) is 19.7 Å². The van der Waals surface area contributed by atoms with Gasteiger partial charge >= 0.3 is 5.97 Å². The molecular formula is C13H28B6N4O4. The van der Waals surface area contributed by atoms with E-state index >= 15 is 0 Å². The van der Waals surface area contributed by atoms with Crippen LogP contribution >= 0.6 is 0 Å². The summed E-state index contributed by atoms with van der Waals surface area (Å²) in [6, 6.07) is -0.745. The lowest BCUT2D eigenvalue weighted by molar-refractivity contribution is -0.140. The van der Waals surface area contributed by atoms with E-state index in [1.165, 1.54) is 0 Å². The Bertz CT molecular complexity index is 585. The molecule has 2 heterocycles. The number of amides is 1. The van der Waals surface area contributed by atoms with Crippen LogP contribution in [0.2, 0.25) is 0 Å². The third-order valence-corrected chi connectivity index (χ3v) is 5.81. The number of ketones is 1. The number of carbonyl (C=O) groups excluding carboxylic acids is 2. The molecule has 0 bridgehead atoms. The summed E-state index contributed by atoms with van der Waals surface area (Å²) in [4.78, 5) is 41.9. The van der Waals surface area contributed by atoms with Gasteiger partial charge in [-0.1, -0.05) is 0 Å². The number of hydrogen-bond acceptors (Lipinski definition) is 6. The van der Waals surface area contributed by atoms with Crippen molar-refractivity contribution in [2.45, 2.75) is 43.9 Å². The number of hydrogen-bond donors (Lipinski definition) is 2. The summed E-state index contributed by atoms with van der Waals surface area (Å²) < 4.78 is 0. The molecule has 4 atom stereocenters. The highest BCUT2D eigenvalue weighted by atomic mass is 16.4. The van der Waals surface area contributed by atoms with E-state index < -0.39 is 12.0 Å². The maximum atomic E-state index is 12.9. The normalized spacial score (nSPS) is 29.0. The van der Waals surface area contributed by atoms with Crippen LogP contribution in [0.5, 0.6) is 0 Å². The van der Waals surface area contributed by atoms with Gasteiger partial charge in [-0.05, 0) is 19.8 Å². The van der Waals surface area contributed by atoms with Crippen LogP contribution in [0.1, 0.15) is 19.8 Å². The van der Waals surface area contributed by atoms with Crippen molar-refractivity contribution in [3.8, 4) is 0 Å². The summed E-state index contributed by atoms with van der Waals surface area (Å²) in [5.74, 6) is -0.745. The Morgan fingerprint density at radius 1 is 1.26 bits per heavy atom. The average molecular weight is 369 g/mol. The maximum Gasteiger partial charge on any atom is 0.319 e. The molecule has 2 rings (SSSR count). The van der Waals surface area contributed by atoms with Gasteiger partial charge in [0.05, 0.1) is 35.3 Å². The number of Topliss-reactive ketones (excluding diaryl/α,β-unsaturated/α-hetero) is 1. The molecule has 14 heteroatoms. The Labute approximate surface area is 166 Å². The van der Waals surface area contributed by atoms with Crippen molar-refractivity contribution in [2.75, 3.05) is 19.6 Å². The average Bonchev–Trinajstić information content (AvgIpc) is 3.15. The fourth-order valence-electron chi connectivity index (χ4n) is 4.42. The van der Waals surface area contributed by atoms with E-state index in [9.17, 15) is 19.5 Å². The highest BCUT2D eigenvalue weighted by Gasteiger charge is 2.41. The Kier molecular flexibility index (Phi) is 7.71. The number of nitrogens with zero attached hydrogens (tertiary/aromatic N) is 3. The molecule has 27 heavy (non-hydrogen) atoms. The Morgan fingerprint density at radius 3 is 2.41 bits per heavy atom. The third-order valence-electron chi connectivity index (χ3n) is 5.81. The molecule has 2 fully saturated rings. The highest BCUT2D eigenvalue weighted by molar-refractivity contribution is 7.27. The van der Waals surface area contributed by atoms with Crippen molar-refractivity contribution >= 4 is 62.8 Å². The molecule has 0 saturated carbocycles. The minimum Gasteiger partial charge on any atom is -0.480 e. The zero-order chi connectivity index (χ0) is 20.3. The number of rotatable bonds is 8. The van der Waals surface area contributed by atoms with Crippen molar-refractivity contribution in [3.63, 3.8) is 0 Å². The number of carbonyl (C=O) groups is 3. The number of carboxylic acid groups (broad SMARTS) is 1. The van der Waals surface area contributed by atoms with Crippen molar-refractivity contribution in [3.05, 3.63) is 0 Å². The first-order valence-corrected chi connectivity index (χ1v) is 9.86. The molecule has 2 saturated heterocycles. The fourth-order valence-corrected chi connectivity index (χ4v) is 4.42. The SMILES string of the molecule is BBN1CC(N(CC(C)=O)B(B)B)CC1C(=O)NC1CC(C(=O)O)N(B)C1. The van der Waals surface area contributed by atoms with E-state index in [1.807, 2.05) is 7.74 Å². The zero-order valence-electron chi connectivity index (χ0n) is 17.1. The first-order chi connectivity index (χ1) is 12.6. The Hall–Kier alpha value is -1.12. The molecule has 0 radical (unpaired) electrons. The van der Waals surface area contributed by atoms with Gasteiger partial charge < -0.3 is 24.9 Å². The van der Waals surface area contributed by atoms with Gasteiger partial charge in [-0.25, -0.2) is 0 Å². The minimum atomic E-state index is -0.845. The predicted molar refractivity (Wildman–Crippen MR) is 118 cm³/mol. The summed E-state index contributed by atoms with van der Waals surface area (Å²) in [5, 5.41) is 12.3. The summed E-state index contributed by atoms with van der Waals surface area (Å²) in [7, 11) is 8.73. The second-order valence-electron chi connectivity index (χ2n) is 8.20. The lowest BCUT2D eigenvalue weighted by atomic mass is 9.26. The van der Waals surface area contributed by atoms with Gasteiger partial charge in [-0.2, -0.15) is 0 Å². The molecule has 2 aliphatic heterocycles. The van der Waals surface area contributed by atoms with Gasteiger partial charge in [-0.15, -0.1) is 0 Å². The molecule has 8 nitrogen and oxygen atoms in total. The molecule has 0 aromatic carbocycles. The lowest BCUT2D eigenvalue weighted by Crippen LogP contribution is -2.51. The van der Waals surface area contributed by atoms with Gasteiger partial charge in [-0.3, -0.25) is 14.4 Å². The van der Waals surface area contributed by atoms with Crippen LogP contribution in [-0.2, 0) is 14.4 Å². The smallest absolute Gasteiger partial charge is 0.319 e. The second kappa shape index (κ2) is 9.39. The molecule has 4 unspecified atom stereocenters. The van der Waals surface area contributed by atoms with E-state index in [-0.39, 0.29) is 36.4 Å². The van der Waals surface area contributed by atoms with Crippen molar-refractivity contribution < 1.29 is 19.5 Å². The first kappa shape index (κ1) is 22.2. The largest absolute Gasteiger partial charge is 0.480 e. The molecule has 0 spiro atoms. The topological polar surface area (TPSA) is 93.2 Å². The van der Waals surface area contributed by atoms with Crippen LogP contribution in [-0.4, -0.2) is 126 Å². The minimum absolute atomic E-state index is 0.0321. The summed E-state index contributed by atoms with van der Waals surface area (Å²) in [6.45, 7) is 3.55. The molecule has 2 N–H and O–H groups in total. The summed E-state index contributed by atoms with van der Waals surface area (Å²) in [5.41, 5.74) is 0. The van der Waals surface area contributed by atoms with Crippen molar-refractivity contribution in [1.82, 2.24) is 19.7 Å². The third kappa shape index (κ3) is 5.45. The molecule has 0 aliphatic carbocycles. The Balaban J connectivity index is 2.01. The molecule has 0 aromatic heterocycles. The first-order valence-electron chi connectivity index (χ1n) is 9.86. The van der Waals surface area contributed by atoms with Gasteiger partial charge in [0.2, 0.25) is 5.91 Å². The monoisotopic (exact) mass is 370 g/mol. The van der Waals surface area contributed by atoms with Crippen molar-refractivity contribution in [1.29, 1.82) is 0 Å². The van der Waals surface area contributed by atoms with Crippen LogP contribution in [0.3, 0.4) is 0 Å². The molecule has 1 amide bonds. The van der Waals surface area contributed by atoms with Crippen LogP contribution < -0.4 is 5.32 Å². The van der Waals surface area contributed by atoms with Crippen LogP contribution in [0.4, 0.5) is 0 Å². The Morgan fingerprint density at radius 2 is 1.93 bits per heavy atom. The van der Waals surface area contributed by atoms with E-state index in [4.69, 9.17) is 0 Å². The van der Waals surface area contributed by atoms with Crippen LogP contribution in [0, 0.1) is 0 Å². The number of carboxylic acids is 1. The molecule has 0 aromatic rings. The van der Waals surface area contributed by atoms with Gasteiger partial charge in [0.25, 0.3) is 0 Å². The van der Waals surface area contributed by atoms with Crippen LogP contribution in [0.25, 0.3) is 0 Å². The number of nitrogens with one attached hydrogen (secondary N) is 1. The quantitative estimate of drug-likeness (QED) is 0.411. The lowest BCUT2D eigenvalue weighted by Gasteiger charge is -2.31. The van der Waals surface area contributed by atoms with Crippen molar-refractivity contribution in [2.24, 2.45) is 0 Å². The number of aliphatic carboxylic acids is 1. The van der Waals surface area contributed by atoms with Crippen LogP contribution in [0.15, 0.2) is 0 Å². The summed E-state index contributed by atoms with van der Waals surface area (Å²) in [6.07, 6.45) is 1.12. The fraction of sp³-hybridized carbons (Fsp3) is 0.769. The molecular weight excluding hydrogens is 341 g/mol. The second-order valence-corrected chi connectivity index (χ2v) is 8.20. The maximum absolute atomic E-state index is 12.9. The molecule has 2 aliphatic rings. The summed E-state index contributed by atoms with van der Waals surface area (Å²) >= 11 is 0. The standard InChI is InChI=1S/C13H28B6N4O4/c1-7(24)4-23(19(15)16)9-3-10(22(6-9)18-14)12(25)20-8-2-11(13(26)27)21(17)5-8/h8-11,18H,2-6,14-17H2,1H3,(H,20,25)(H,26,27). The van der Waals surface area contributed by atoms with Gasteiger partial charge in [0.15, 0.2) is 15.3 Å². The van der Waals surface area contributed by atoms with Gasteiger partial charge in [0.1, 0.15) is 12.4 Å². The van der Waals surface area contributed by atoms with E-state index in [0.29, 0.717) is 25.9 Å². The highest BCUT2D eigenvalue weighted by Crippen LogP contribution is 2.23. The van der Waals surface area contributed by atoms with E-state index in [2.05, 4.69) is 30.4 Å².